The summed E-state index contributed by atoms with van der Waals surface area (Å²) in [5.74, 6) is -0.531. The summed E-state index contributed by atoms with van der Waals surface area (Å²) in [6.07, 6.45) is 1.14. The zero-order valence-electron chi connectivity index (χ0n) is 10.6. The van der Waals surface area contributed by atoms with Crippen LogP contribution in [0.5, 0.6) is 0 Å². The number of benzene rings is 1. The lowest BCUT2D eigenvalue weighted by Gasteiger charge is -2.15. The van der Waals surface area contributed by atoms with Crippen molar-refractivity contribution >= 4 is 17.3 Å². The van der Waals surface area contributed by atoms with Gasteiger partial charge >= 0.3 is 5.69 Å². The zero-order chi connectivity index (χ0) is 14.7. The lowest BCUT2D eigenvalue weighted by molar-refractivity contribution is -0.383. The lowest BCUT2D eigenvalue weighted by atomic mass is 10.1. The summed E-state index contributed by atoms with van der Waals surface area (Å²) in [6.45, 7) is 1.77. The predicted octanol–water partition coefficient (Wildman–Crippen LogP) is 2.28. The van der Waals surface area contributed by atoms with Crippen molar-refractivity contribution in [3.63, 3.8) is 0 Å². The van der Waals surface area contributed by atoms with E-state index in [4.69, 9.17) is 5.73 Å². The first-order valence-electron chi connectivity index (χ1n) is 5.76. The molecule has 0 saturated heterocycles. The molecule has 0 aliphatic rings. The van der Waals surface area contributed by atoms with Crippen molar-refractivity contribution in [2.24, 2.45) is 0 Å². The van der Waals surface area contributed by atoms with Crippen LogP contribution in [0.4, 0.5) is 21.7 Å². The second-order valence-electron chi connectivity index (χ2n) is 4.13. The summed E-state index contributed by atoms with van der Waals surface area (Å²) in [6, 6.07) is 5.50. The highest BCUT2D eigenvalue weighted by molar-refractivity contribution is 5.67. The maximum absolute atomic E-state index is 12.9. The van der Waals surface area contributed by atoms with Crippen molar-refractivity contribution < 1.29 is 9.31 Å². The van der Waals surface area contributed by atoms with E-state index in [1.54, 1.807) is 19.1 Å². The number of aromatic nitrogens is 2. The smallest absolute Gasteiger partial charge is 0.353 e. The summed E-state index contributed by atoms with van der Waals surface area (Å²) in [7, 11) is 0. The minimum atomic E-state index is -0.644. The quantitative estimate of drug-likeness (QED) is 0.655. The van der Waals surface area contributed by atoms with Gasteiger partial charge in [-0.1, -0.05) is 12.1 Å². The van der Waals surface area contributed by atoms with Crippen LogP contribution < -0.4 is 11.1 Å². The van der Waals surface area contributed by atoms with E-state index in [2.05, 4.69) is 15.3 Å². The zero-order valence-corrected chi connectivity index (χ0v) is 10.6. The van der Waals surface area contributed by atoms with Crippen molar-refractivity contribution in [3.05, 3.63) is 52.1 Å². The number of nitrogen functional groups attached to an aromatic ring is 1. The molecule has 104 valence electrons. The first-order valence-corrected chi connectivity index (χ1v) is 5.76. The molecular weight excluding hydrogens is 265 g/mol. The number of hydrogen-bond acceptors (Lipinski definition) is 6. The van der Waals surface area contributed by atoms with E-state index in [1.165, 1.54) is 12.1 Å². The van der Waals surface area contributed by atoms with Gasteiger partial charge in [0.25, 0.3) is 0 Å². The first-order chi connectivity index (χ1) is 9.49. The second kappa shape index (κ2) is 5.47. The van der Waals surface area contributed by atoms with E-state index in [0.717, 1.165) is 11.9 Å². The Morgan fingerprint density at radius 3 is 2.60 bits per heavy atom. The predicted molar refractivity (Wildman–Crippen MR) is 71.5 cm³/mol. The molecule has 0 saturated carbocycles. The summed E-state index contributed by atoms with van der Waals surface area (Å²) in [5, 5.41) is 13.8. The summed E-state index contributed by atoms with van der Waals surface area (Å²) < 4.78 is 12.9. The highest BCUT2D eigenvalue weighted by Crippen LogP contribution is 2.29. The van der Waals surface area contributed by atoms with E-state index in [0.29, 0.717) is 0 Å². The van der Waals surface area contributed by atoms with Gasteiger partial charge in [-0.05, 0) is 24.6 Å². The molecule has 2 rings (SSSR count). The van der Waals surface area contributed by atoms with Crippen molar-refractivity contribution in [1.29, 1.82) is 0 Å². The minimum absolute atomic E-state index is 0.0272. The van der Waals surface area contributed by atoms with Crippen LogP contribution in [0.3, 0.4) is 0 Å². The fourth-order valence-electron chi connectivity index (χ4n) is 1.72. The number of nitro groups is 1. The van der Waals surface area contributed by atoms with Crippen molar-refractivity contribution in [1.82, 2.24) is 9.97 Å². The Morgan fingerprint density at radius 2 is 2.00 bits per heavy atom. The van der Waals surface area contributed by atoms with Gasteiger partial charge in [0.1, 0.15) is 12.1 Å². The van der Waals surface area contributed by atoms with Gasteiger partial charge in [0, 0.05) is 0 Å². The van der Waals surface area contributed by atoms with Gasteiger partial charge < -0.3 is 11.1 Å². The van der Waals surface area contributed by atoms with Gasteiger partial charge in [-0.25, -0.2) is 14.4 Å². The van der Waals surface area contributed by atoms with Crippen molar-refractivity contribution in [3.8, 4) is 0 Å². The maximum Gasteiger partial charge on any atom is 0.353 e. The molecule has 0 amide bonds. The molecule has 0 spiro atoms. The number of rotatable bonds is 4. The Morgan fingerprint density at radius 1 is 1.35 bits per heavy atom. The molecular formula is C12H12FN5O2. The number of hydrogen-bond donors (Lipinski definition) is 2. The molecule has 0 radical (unpaired) electrons. The second-order valence-corrected chi connectivity index (χ2v) is 4.13. The number of nitrogens with two attached hydrogens (primary N) is 1. The molecule has 3 N–H and O–H groups in total. The fourth-order valence-corrected chi connectivity index (χ4v) is 1.72. The Hall–Kier alpha value is -2.77. The first kappa shape index (κ1) is 13.7. The molecule has 1 atom stereocenters. The highest BCUT2D eigenvalue weighted by atomic mass is 19.1. The monoisotopic (exact) mass is 277 g/mol. The van der Waals surface area contributed by atoms with Crippen LogP contribution in [-0.4, -0.2) is 14.9 Å². The third kappa shape index (κ3) is 2.79. The molecule has 1 aromatic heterocycles. The van der Waals surface area contributed by atoms with Crippen LogP contribution in [0.2, 0.25) is 0 Å². The Bertz CT molecular complexity index is 632. The summed E-state index contributed by atoms with van der Waals surface area (Å²) in [4.78, 5) is 17.7. The topological polar surface area (TPSA) is 107 Å². The van der Waals surface area contributed by atoms with E-state index in [1.807, 2.05) is 0 Å². The number of halogens is 1. The number of anilines is 2. The molecule has 8 heteroatoms. The molecule has 2 aromatic rings. The van der Waals surface area contributed by atoms with Crippen LogP contribution in [0, 0.1) is 15.9 Å². The SMILES string of the molecule is CC(Nc1ncnc(N)c1[N+](=O)[O-])c1ccc(F)cc1. The van der Waals surface area contributed by atoms with E-state index in [9.17, 15) is 14.5 Å². The van der Waals surface area contributed by atoms with Gasteiger partial charge in [-0.3, -0.25) is 10.1 Å². The largest absolute Gasteiger partial charge is 0.378 e. The van der Waals surface area contributed by atoms with Gasteiger partial charge in [-0.15, -0.1) is 0 Å². The van der Waals surface area contributed by atoms with Crippen LogP contribution in [0.15, 0.2) is 30.6 Å². The van der Waals surface area contributed by atoms with E-state index < -0.39 is 4.92 Å². The van der Waals surface area contributed by atoms with Crippen molar-refractivity contribution in [2.75, 3.05) is 11.1 Å². The summed E-state index contributed by atoms with van der Waals surface area (Å²) >= 11 is 0. The standard InChI is InChI=1S/C12H12FN5O2/c1-7(8-2-4-9(13)5-3-8)17-12-10(18(19)20)11(14)15-6-16-12/h2-7H,1H3,(H3,14,15,16,17). The van der Waals surface area contributed by atoms with Crippen molar-refractivity contribution in [2.45, 2.75) is 13.0 Å². The molecule has 7 nitrogen and oxygen atoms in total. The average Bonchev–Trinajstić information content (AvgIpc) is 2.39. The van der Waals surface area contributed by atoms with Gasteiger partial charge in [0.2, 0.25) is 11.6 Å². The third-order valence-electron chi connectivity index (χ3n) is 2.76. The maximum atomic E-state index is 12.9. The van der Waals surface area contributed by atoms with E-state index >= 15 is 0 Å². The van der Waals surface area contributed by atoms with Gasteiger partial charge in [0.15, 0.2) is 0 Å². The normalized spacial score (nSPS) is 11.9. The lowest BCUT2D eigenvalue weighted by Crippen LogP contribution is -2.11. The Kier molecular flexibility index (Phi) is 3.74. The molecule has 0 aliphatic carbocycles. The third-order valence-corrected chi connectivity index (χ3v) is 2.76. The summed E-state index contributed by atoms with van der Waals surface area (Å²) in [5.41, 5.74) is 5.86. The van der Waals surface area contributed by atoms with Crippen LogP contribution in [0.1, 0.15) is 18.5 Å². The molecule has 20 heavy (non-hydrogen) atoms. The Labute approximate surface area is 113 Å². The molecule has 1 heterocycles. The highest BCUT2D eigenvalue weighted by Gasteiger charge is 2.22. The van der Waals surface area contributed by atoms with Gasteiger partial charge in [-0.2, -0.15) is 0 Å². The molecule has 1 unspecified atom stereocenters. The fraction of sp³-hybridized carbons (Fsp3) is 0.167. The number of nitrogens with one attached hydrogen (secondary N) is 1. The minimum Gasteiger partial charge on any atom is -0.378 e. The average molecular weight is 277 g/mol. The van der Waals surface area contributed by atoms with E-state index in [-0.39, 0.29) is 29.2 Å². The van der Waals surface area contributed by atoms with Crippen LogP contribution >= 0.6 is 0 Å². The van der Waals surface area contributed by atoms with Gasteiger partial charge in [0.05, 0.1) is 11.0 Å². The van der Waals surface area contributed by atoms with Crippen LogP contribution in [-0.2, 0) is 0 Å². The number of nitrogens with zero attached hydrogens (tertiary/aromatic N) is 3. The molecule has 0 aliphatic heterocycles. The van der Waals surface area contributed by atoms with Crippen LogP contribution in [0.25, 0.3) is 0 Å². The Balaban J connectivity index is 2.28. The molecule has 0 fully saturated rings. The molecule has 1 aromatic carbocycles. The molecule has 0 bridgehead atoms.